The van der Waals surface area contributed by atoms with Crippen LogP contribution in [0.15, 0.2) is 74.0 Å². The van der Waals surface area contributed by atoms with Crippen LogP contribution in [0, 0.1) is 6.92 Å². The number of rotatable bonds is 4. The highest BCUT2D eigenvalue weighted by molar-refractivity contribution is 9.10. The molecule has 29 heavy (non-hydrogen) atoms. The predicted molar refractivity (Wildman–Crippen MR) is 119 cm³/mol. The van der Waals surface area contributed by atoms with E-state index in [1.165, 1.54) is 15.9 Å². The number of hydrogen-bond acceptors (Lipinski definition) is 4. The zero-order chi connectivity index (χ0) is 20.5. The predicted octanol–water partition coefficient (Wildman–Crippen LogP) is 3.92. The van der Waals surface area contributed by atoms with E-state index < -0.39 is 5.69 Å². The van der Waals surface area contributed by atoms with E-state index in [4.69, 9.17) is 0 Å². The second-order valence-electron chi connectivity index (χ2n) is 6.54. The van der Waals surface area contributed by atoms with E-state index in [0.29, 0.717) is 21.6 Å². The summed E-state index contributed by atoms with van der Waals surface area (Å²) in [5, 5.41) is 4.53. The smallest absolute Gasteiger partial charge is 0.325 e. The van der Waals surface area contributed by atoms with Crippen LogP contribution in [0.5, 0.6) is 0 Å². The molecule has 0 saturated carbocycles. The van der Waals surface area contributed by atoms with Crippen molar-refractivity contribution in [3.8, 4) is 5.69 Å². The molecule has 6 nitrogen and oxygen atoms in total. The number of hydrogen-bond donors (Lipinski definition) is 1. The second-order valence-corrected chi connectivity index (χ2v) is 8.37. The molecule has 8 heteroatoms. The Bertz CT molecular complexity index is 1340. The summed E-state index contributed by atoms with van der Waals surface area (Å²) in [6, 6.07) is 16.0. The van der Waals surface area contributed by atoms with Gasteiger partial charge >= 0.3 is 5.69 Å². The van der Waals surface area contributed by atoms with Crippen LogP contribution in [0.4, 0.5) is 5.69 Å². The monoisotopic (exact) mass is 469 g/mol. The summed E-state index contributed by atoms with van der Waals surface area (Å²) in [5.74, 6) is -0.351. The average Bonchev–Trinajstić information content (AvgIpc) is 3.17. The Hall–Kier alpha value is -2.97. The van der Waals surface area contributed by atoms with Crippen molar-refractivity contribution in [2.75, 3.05) is 5.32 Å². The Labute approximate surface area is 178 Å². The number of benzene rings is 2. The minimum Gasteiger partial charge on any atom is -0.325 e. The summed E-state index contributed by atoms with van der Waals surface area (Å²) >= 11 is 4.60. The molecule has 1 N–H and O–H groups in total. The molecule has 4 rings (SSSR count). The Morgan fingerprint density at radius 3 is 2.59 bits per heavy atom. The van der Waals surface area contributed by atoms with Gasteiger partial charge in [0.15, 0.2) is 0 Å². The largest absolute Gasteiger partial charge is 0.336 e. The highest BCUT2D eigenvalue weighted by atomic mass is 79.9. The lowest BCUT2D eigenvalue weighted by atomic mass is 10.2. The normalized spacial score (nSPS) is 11.0. The van der Waals surface area contributed by atoms with Gasteiger partial charge in [-0.1, -0.05) is 28.1 Å². The first-order valence-corrected chi connectivity index (χ1v) is 10.5. The fourth-order valence-corrected chi connectivity index (χ4v) is 4.20. The van der Waals surface area contributed by atoms with Crippen molar-refractivity contribution in [1.29, 1.82) is 0 Å². The van der Waals surface area contributed by atoms with Gasteiger partial charge in [0.1, 0.15) is 11.2 Å². The third-order valence-corrected chi connectivity index (χ3v) is 5.86. The van der Waals surface area contributed by atoms with Crippen molar-refractivity contribution in [2.45, 2.75) is 13.5 Å². The fraction of sp³-hybridized carbons (Fsp3) is 0.0952. The van der Waals surface area contributed by atoms with Crippen LogP contribution < -0.4 is 16.6 Å². The lowest BCUT2D eigenvalue weighted by Crippen LogP contribution is -2.40. The molecule has 1 amide bonds. The van der Waals surface area contributed by atoms with Crippen LogP contribution in [-0.4, -0.2) is 15.0 Å². The summed E-state index contributed by atoms with van der Waals surface area (Å²) < 4.78 is 3.79. The van der Waals surface area contributed by atoms with Crippen LogP contribution in [0.2, 0.25) is 0 Å². The van der Waals surface area contributed by atoms with Crippen molar-refractivity contribution in [3.63, 3.8) is 0 Å². The average molecular weight is 470 g/mol. The minimum absolute atomic E-state index is 0.200. The molecule has 0 spiro atoms. The van der Waals surface area contributed by atoms with E-state index in [0.717, 1.165) is 14.6 Å². The van der Waals surface area contributed by atoms with Gasteiger partial charge in [-0.2, -0.15) is 0 Å². The van der Waals surface area contributed by atoms with Crippen LogP contribution in [0.25, 0.3) is 15.9 Å². The quantitative estimate of drug-likeness (QED) is 0.492. The number of thiophene rings is 1. The zero-order valence-electron chi connectivity index (χ0n) is 15.4. The van der Waals surface area contributed by atoms with E-state index in [2.05, 4.69) is 21.2 Å². The summed E-state index contributed by atoms with van der Waals surface area (Å²) in [6.07, 6.45) is 0. The topological polar surface area (TPSA) is 73.1 Å². The van der Waals surface area contributed by atoms with Gasteiger partial charge in [0.05, 0.1) is 11.2 Å². The number of anilines is 1. The molecule has 0 atom stereocenters. The Morgan fingerprint density at radius 1 is 1.10 bits per heavy atom. The number of fused-ring (bicyclic) bond motifs is 1. The maximum atomic E-state index is 13.2. The highest BCUT2D eigenvalue weighted by Gasteiger charge is 2.17. The molecular weight excluding hydrogens is 454 g/mol. The van der Waals surface area contributed by atoms with Gasteiger partial charge in [0.2, 0.25) is 5.91 Å². The number of nitrogens with one attached hydrogen (secondary N) is 1. The Balaban J connectivity index is 1.79. The molecule has 2 heterocycles. The molecular formula is C21H16BrN3O3S. The van der Waals surface area contributed by atoms with Gasteiger partial charge in [0, 0.05) is 10.2 Å². The number of carbonyl (C=O) groups excluding carboxylic acids is 1. The molecule has 0 unspecified atom stereocenters. The Kier molecular flexibility index (Phi) is 5.21. The van der Waals surface area contributed by atoms with Gasteiger partial charge in [-0.25, -0.2) is 9.36 Å². The van der Waals surface area contributed by atoms with Gasteiger partial charge in [-0.15, -0.1) is 11.3 Å². The van der Waals surface area contributed by atoms with Crippen LogP contribution >= 0.6 is 27.3 Å². The van der Waals surface area contributed by atoms with Gasteiger partial charge in [-0.05, 0) is 60.3 Å². The summed E-state index contributed by atoms with van der Waals surface area (Å²) in [5.41, 5.74) is 1.57. The molecule has 2 aromatic heterocycles. The second kappa shape index (κ2) is 7.81. The number of aryl methyl sites for hydroxylation is 1. The number of nitrogens with zero attached hydrogens (tertiary/aromatic N) is 2. The summed E-state index contributed by atoms with van der Waals surface area (Å²) in [6.45, 7) is 1.69. The molecule has 4 aromatic rings. The molecule has 0 saturated heterocycles. The van der Waals surface area contributed by atoms with Gasteiger partial charge in [-0.3, -0.25) is 14.2 Å². The van der Waals surface area contributed by atoms with Crippen molar-refractivity contribution in [3.05, 3.63) is 90.9 Å². The number of amides is 1. The van der Waals surface area contributed by atoms with Crippen molar-refractivity contribution >= 4 is 49.1 Å². The molecule has 0 radical (unpaired) electrons. The van der Waals surface area contributed by atoms with E-state index >= 15 is 0 Å². The van der Waals surface area contributed by atoms with Crippen LogP contribution in [0.1, 0.15) is 5.56 Å². The molecule has 0 bridgehead atoms. The Morgan fingerprint density at radius 2 is 1.86 bits per heavy atom. The SMILES string of the molecule is Cc1cccc(-n2c(=O)c3sccc3n(CC(=O)Nc3ccc(Br)cc3)c2=O)c1. The van der Waals surface area contributed by atoms with Gasteiger partial charge < -0.3 is 5.32 Å². The first kappa shape index (κ1) is 19.4. The number of halogens is 1. The number of aromatic nitrogens is 2. The van der Waals surface area contributed by atoms with E-state index in [1.807, 2.05) is 25.1 Å². The number of carbonyl (C=O) groups is 1. The lowest BCUT2D eigenvalue weighted by Gasteiger charge is -2.13. The zero-order valence-corrected chi connectivity index (χ0v) is 17.8. The van der Waals surface area contributed by atoms with Gasteiger partial charge in [0.25, 0.3) is 5.56 Å². The van der Waals surface area contributed by atoms with Crippen molar-refractivity contribution < 1.29 is 4.79 Å². The van der Waals surface area contributed by atoms with E-state index in [1.54, 1.807) is 41.8 Å². The van der Waals surface area contributed by atoms with E-state index in [9.17, 15) is 14.4 Å². The third kappa shape index (κ3) is 3.81. The van der Waals surface area contributed by atoms with Crippen molar-refractivity contribution in [2.24, 2.45) is 0 Å². The van der Waals surface area contributed by atoms with E-state index in [-0.39, 0.29) is 18.0 Å². The molecule has 0 aliphatic rings. The highest BCUT2D eigenvalue weighted by Crippen LogP contribution is 2.18. The van der Waals surface area contributed by atoms with Crippen molar-refractivity contribution in [1.82, 2.24) is 9.13 Å². The standard InChI is InChI=1S/C21H16BrN3O3S/c1-13-3-2-4-16(11-13)25-20(27)19-17(9-10-29-19)24(21(25)28)12-18(26)23-15-7-5-14(22)6-8-15/h2-11H,12H2,1H3,(H,23,26). The maximum absolute atomic E-state index is 13.2. The summed E-state index contributed by atoms with van der Waals surface area (Å²) in [4.78, 5) is 38.7. The molecule has 146 valence electrons. The van der Waals surface area contributed by atoms with Crippen LogP contribution in [-0.2, 0) is 11.3 Å². The fourth-order valence-electron chi connectivity index (χ4n) is 3.11. The first-order chi connectivity index (χ1) is 13.9. The molecule has 0 fully saturated rings. The summed E-state index contributed by atoms with van der Waals surface area (Å²) in [7, 11) is 0. The maximum Gasteiger partial charge on any atom is 0.336 e. The molecule has 0 aliphatic carbocycles. The lowest BCUT2D eigenvalue weighted by molar-refractivity contribution is -0.116. The molecule has 0 aliphatic heterocycles. The first-order valence-electron chi connectivity index (χ1n) is 8.79. The minimum atomic E-state index is -0.544. The molecule has 2 aromatic carbocycles. The van der Waals surface area contributed by atoms with Crippen LogP contribution in [0.3, 0.4) is 0 Å². The third-order valence-electron chi connectivity index (χ3n) is 4.44.